The van der Waals surface area contributed by atoms with E-state index in [9.17, 15) is 4.79 Å². The molecule has 0 atom stereocenters. The van der Waals surface area contributed by atoms with Crippen LogP contribution in [0, 0.1) is 0 Å². The van der Waals surface area contributed by atoms with Crippen LogP contribution in [0.4, 0.5) is 0 Å². The van der Waals surface area contributed by atoms with E-state index in [1.54, 1.807) is 11.8 Å². The first kappa shape index (κ1) is 24.1. The van der Waals surface area contributed by atoms with Gasteiger partial charge in [-0.1, -0.05) is 42.5 Å². The molecule has 6 nitrogen and oxygen atoms in total. The van der Waals surface area contributed by atoms with Gasteiger partial charge in [0.2, 0.25) is 0 Å². The standard InChI is InChI=1S/C28H33N3O3S/c32-28-29-27(25-8-4-9-26(25)31(28)15-5-14-30-16-18-33-19-17-30)35-21-23-10-12-24(13-11-23)34-20-22-6-2-1-3-7-22/h1-3,6-7,10-13H,4-5,8-9,14-21H2. The van der Waals surface area contributed by atoms with Gasteiger partial charge in [-0.3, -0.25) is 9.47 Å². The van der Waals surface area contributed by atoms with E-state index in [0.717, 1.165) is 87.2 Å². The zero-order valence-electron chi connectivity index (χ0n) is 20.2. The monoisotopic (exact) mass is 491 g/mol. The Kier molecular flexibility index (Phi) is 8.18. The molecule has 0 amide bonds. The number of ether oxygens (including phenoxy) is 2. The first-order valence-corrected chi connectivity index (χ1v) is 13.6. The van der Waals surface area contributed by atoms with E-state index >= 15 is 0 Å². The Balaban J connectivity index is 1.17. The SMILES string of the molecule is O=c1nc(SCc2ccc(OCc3ccccc3)cc2)c2c(n1CCCN1CCOCC1)CCC2. The maximum Gasteiger partial charge on any atom is 0.348 e. The largest absolute Gasteiger partial charge is 0.489 e. The van der Waals surface area contributed by atoms with Gasteiger partial charge in [0.1, 0.15) is 17.4 Å². The third-order valence-corrected chi connectivity index (χ3v) is 7.80. The summed E-state index contributed by atoms with van der Waals surface area (Å²) in [7, 11) is 0. The van der Waals surface area contributed by atoms with Crippen LogP contribution in [0.2, 0.25) is 0 Å². The van der Waals surface area contributed by atoms with Crippen molar-refractivity contribution in [3.05, 3.63) is 87.5 Å². The van der Waals surface area contributed by atoms with Gasteiger partial charge in [-0.05, 0) is 48.9 Å². The third kappa shape index (κ3) is 6.34. The molecular formula is C28H33N3O3S. The highest BCUT2D eigenvalue weighted by molar-refractivity contribution is 7.98. The van der Waals surface area contributed by atoms with Gasteiger partial charge in [-0.25, -0.2) is 4.79 Å². The summed E-state index contributed by atoms with van der Waals surface area (Å²) >= 11 is 1.68. The number of fused-ring (bicyclic) bond motifs is 1. The average Bonchev–Trinajstić information content (AvgIpc) is 3.40. The van der Waals surface area contributed by atoms with Crippen LogP contribution in [-0.2, 0) is 36.5 Å². The van der Waals surface area contributed by atoms with Gasteiger partial charge in [0.05, 0.1) is 13.2 Å². The molecule has 0 unspecified atom stereocenters. The van der Waals surface area contributed by atoms with Crippen molar-refractivity contribution in [1.82, 2.24) is 14.5 Å². The fourth-order valence-electron chi connectivity index (χ4n) is 4.79. The highest BCUT2D eigenvalue weighted by atomic mass is 32.2. The second-order valence-electron chi connectivity index (χ2n) is 9.14. The summed E-state index contributed by atoms with van der Waals surface area (Å²) in [5.74, 6) is 1.65. The molecule has 0 spiro atoms. The molecule has 2 aromatic carbocycles. The molecule has 2 heterocycles. The van der Waals surface area contributed by atoms with Crippen LogP contribution >= 0.6 is 11.8 Å². The molecule has 35 heavy (non-hydrogen) atoms. The first-order chi connectivity index (χ1) is 17.3. The molecule has 0 N–H and O–H groups in total. The Morgan fingerprint density at radius 3 is 2.54 bits per heavy atom. The quantitative estimate of drug-likeness (QED) is 0.311. The molecule has 1 fully saturated rings. The zero-order chi connectivity index (χ0) is 23.9. The van der Waals surface area contributed by atoms with E-state index in [1.807, 2.05) is 34.9 Å². The molecule has 1 aromatic heterocycles. The lowest BCUT2D eigenvalue weighted by Gasteiger charge is -2.26. The Morgan fingerprint density at radius 2 is 1.74 bits per heavy atom. The normalized spacial score (nSPS) is 15.8. The third-order valence-electron chi connectivity index (χ3n) is 6.71. The molecule has 3 aromatic rings. The van der Waals surface area contributed by atoms with Crippen LogP contribution in [-0.4, -0.2) is 47.3 Å². The lowest BCUT2D eigenvalue weighted by atomic mass is 10.2. The summed E-state index contributed by atoms with van der Waals surface area (Å²) < 4.78 is 13.3. The molecule has 7 heteroatoms. The van der Waals surface area contributed by atoms with E-state index < -0.39 is 0 Å². The topological polar surface area (TPSA) is 56.6 Å². The summed E-state index contributed by atoms with van der Waals surface area (Å²) in [4.78, 5) is 19.9. The summed E-state index contributed by atoms with van der Waals surface area (Å²) in [5.41, 5.74) is 4.75. The van der Waals surface area contributed by atoms with Crippen molar-refractivity contribution in [3.8, 4) is 5.75 Å². The first-order valence-electron chi connectivity index (χ1n) is 12.6. The maximum absolute atomic E-state index is 12.9. The minimum atomic E-state index is -0.0974. The van der Waals surface area contributed by atoms with Crippen molar-refractivity contribution in [3.63, 3.8) is 0 Å². The lowest BCUT2D eigenvalue weighted by molar-refractivity contribution is 0.0368. The van der Waals surface area contributed by atoms with Crippen molar-refractivity contribution < 1.29 is 9.47 Å². The Hall–Kier alpha value is -2.61. The molecular weight excluding hydrogens is 458 g/mol. The van der Waals surface area contributed by atoms with E-state index in [2.05, 4.69) is 34.1 Å². The number of hydrogen-bond donors (Lipinski definition) is 0. The summed E-state index contributed by atoms with van der Waals surface area (Å²) in [6.07, 6.45) is 4.07. The van der Waals surface area contributed by atoms with Crippen LogP contribution in [0.25, 0.3) is 0 Å². The predicted octanol–water partition coefficient (Wildman–Crippen LogP) is 4.33. The highest BCUT2D eigenvalue weighted by Gasteiger charge is 2.22. The minimum Gasteiger partial charge on any atom is -0.489 e. The van der Waals surface area contributed by atoms with Gasteiger partial charge in [0.25, 0.3) is 0 Å². The smallest absolute Gasteiger partial charge is 0.348 e. The number of morpholine rings is 1. The van der Waals surface area contributed by atoms with E-state index in [1.165, 1.54) is 16.8 Å². The van der Waals surface area contributed by atoms with Gasteiger partial charge in [-0.2, -0.15) is 4.98 Å². The number of nitrogens with zero attached hydrogens (tertiary/aromatic N) is 3. The predicted molar refractivity (Wildman–Crippen MR) is 139 cm³/mol. The van der Waals surface area contributed by atoms with Crippen LogP contribution in [0.1, 0.15) is 35.2 Å². The van der Waals surface area contributed by atoms with Gasteiger partial charge in [-0.15, -0.1) is 11.8 Å². The number of hydrogen-bond acceptors (Lipinski definition) is 6. The van der Waals surface area contributed by atoms with Gasteiger partial charge in [0, 0.05) is 43.2 Å². The Bertz CT molecular complexity index is 1160. The van der Waals surface area contributed by atoms with Gasteiger partial charge in [0.15, 0.2) is 0 Å². The molecule has 0 radical (unpaired) electrons. The van der Waals surface area contributed by atoms with Crippen molar-refractivity contribution in [2.75, 3.05) is 32.8 Å². The van der Waals surface area contributed by atoms with Crippen LogP contribution in [0.15, 0.2) is 64.4 Å². The van der Waals surface area contributed by atoms with E-state index in [4.69, 9.17) is 9.47 Å². The fraction of sp³-hybridized carbons (Fsp3) is 0.429. The molecule has 0 bridgehead atoms. The van der Waals surface area contributed by atoms with Crippen molar-refractivity contribution in [1.29, 1.82) is 0 Å². The lowest BCUT2D eigenvalue weighted by Crippen LogP contribution is -2.37. The van der Waals surface area contributed by atoms with Crippen molar-refractivity contribution in [2.45, 2.75) is 49.6 Å². The number of rotatable bonds is 10. The number of benzene rings is 2. The van der Waals surface area contributed by atoms with Crippen LogP contribution in [0.5, 0.6) is 5.75 Å². The van der Waals surface area contributed by atoms with E-state index in [-0.39, 0.29) is 5.69 Å². The number of thioether (sulfide) groups is 1. The molecule has 5 rings (SSSR count). The second kappa shape index (κ2) is 11.9. The van der Waals surface area contributed by atoms with Gasteiger partial charge < -0.3 is 9.47 Å². The average molecular weight is 492 g/mol. The summed E-state index contributed by atoms with van der Waals surface area (Å²) in [5, 5.41) is 0.913. The molecule has 1 aliphatic heterocycles. The summed E-state index contributed by atoms with van der Waals surface area (Å²) in [6, 6.07) is 18.4. The van der Waals surface area contributed by atoms with Crippen LogP contribution in [0.3, 0.4) is 0 Å². The zero-order valence-corrected chi connectivity index (χ0v) is 21.0. The number of aromatic nitrogens is 2. The minimum absolute atomic E-state index is 0.0974. The molecule has 2 aliphatic rings. The van der Waals surface area contributed by atoms with Crippen molar-refractivity contribution >= 4 is 11.8 Å². The fourth-order valence-corrected chi connectivity index (χ4v) is 5.82. The summed E-state index contributed by atoms with van der Waals surface area (Å²) in [6.45, 7) is 5.92. The van der Waals surface area contributed by atoms with Crippen LogP contribution < -0.4 is 10.4 Å². The molecule has 184 valence electrons. The highest BCUT2D eigenvalue weighted by Crippen LogP contribution is 2.31. The molecule has 1 saturated heterocycles. The Morgan fingerprint density at radius 1 is 0.943 bits per heavy atom. The molecule has 0 saturated carbocycles. The van der Waals surface area contributed by atoms with Gasteiger partial charge >= 0.3 is 5.69 Å². The van der Waals surface area contributed by atoms with E-state index in [0.29, 0.717) is 6.61 Å². The molecule has 1 aliphatic carbocycles. The van der Waals surface area contributed by atoms with Crippen molar-refractivity contribution in [2.24, 2.45) is 0 Å². The second-order valence-corrected chi connectivity index (χ2v) is 10.1. The maximum atomic E-state index is 12.9. The Labute approximate surface area is 211 Å².